The zero-order valence-corrected chi connectivity index (χ0v) is 7.77. The van der Waals surface area contributed by atoms with Crippen LogP contribution in [0.2, 0.25) is 0 Å². The number of carbonyl (C=O) groups excluding carboxylic acids is 1. The Labute approximate surface area is 77.4 Å². The highest BCUT2D eigenvalue weighted by molar-refractivity contribution is 6.19. The Kier molecular flexibility index (Phi) is 3.30. The van der Waals surface area contributed by atoms with Crippen molar-refractivity contribution in [3.63, 3.8) is 0 Å². The van der Waals surface area contributed by atoms with Crippen molar-refractivity contribution in [3.05, 3.63) is 35.4 Å². The van der Waals surface area contributed by atoms with Gasteiger partial charge in [-0.05, 0) is 6.92 Å². The van der Waals surface area contributed by atoms with Gasteiger partial charge < -0.3 is 0 Å². The summed E-state index contributed by atoms with van der Waals surface area (Å²) in [7, 11) is 0. The van der Waals surface area contributed by atoms with Gasteiger partial charge >= 0.3 is 0 Å². The molecule has 0 aliphatic carbocycles. The lowest BCUT2D eigenvalue weighted by atomic mass is 10.1. The van der Waals surface area contributed by atoms with Crippen LogP contribution in [0.5, 0.6) is 0 Å². The van der Waals surface area contributed by atoms with E-state index in [1.807, 2.05) is 31.2 Å². The number of benzene rings is 1. The van der Waals surface area contributed by atoms with Crippen molar-refractivity contribution in [2.45, 2.75) is 13.3 Å². The fraction of sp³-hybridized carbons (Fsp3) is 0.300. The van der Waals surface area contributed by atoms with Crippen molar-refractivity contribution < 1.29 is 4.79 Å². The molecular weight excluding hydrogens is 172 g/mol. The highest BCUT2D eigenvalue weighted by atomic mass is 35.5. The number of halogens is 1. The summed E-state index contributed by atoms with van der Waals surface area (Å²) < 4.78 is 0. The van der Waals surface area contributed by atoms with E-state index in [2.05, 4.69) is 0 Å². The van der Waals surface area contributed by atoms with Crippen LogP contribution in [0.15, 0.2) is 24.3 Å². The van der Waals surface area contributed by atoms with E-state index in [4.69, 9.17) is 11.6 Å². The number of hydrogen-bond acceptors (Lipinski definition) is 1. The third-order valence-corrected chi connectivity index (χ3v) is 1.88. The van der Waals surface area contributed by atoms with E-state index in [1.54, 1.807) is 0 Å². The van der Waals surface area contributed by atoms with Crippen LogP contribution >= 0.6 is 11.6 Å². The van der Waals surface area contributed by atoms with E-state index >= 15 is 0 Å². The molecule has 0 radical (unpaired) electrons. The second kappa shape index (κ2) is 4.27. The first-order valence-corrected chi connectivity index (χ1v) is 4.43. The minimum Gasteiger partial charge on any atom is -0.294 e. The molecule has 1 nitrogen and oxygen atoms in total. The summed E-state index contributed by atoms with van der Waals surface area (Å²) in [5.74, 6) is 0.511. The van der Waals surface area contributed by atoms with Crippen molar-refractivity contribution in [2.24, 2.45) is 0 Å². The third kappa shape index (κ3) is 2.35. The molecule has 0 bridgehead atoms. The molecule has 1 aromatic carbocycles. The van der Waals surface area contributed by atoms with E-state index in [0.29, 0.717) is 12.3 Å². The SMILES string of the molecule is Cc1ccc(C(=O)CCCl)cc1. The molecule has 0 aliphatic rings. The maximum atomic E-state index is 11.3. The molecule has 1 rings (SSSR count). The standard InChI is InChI=1S/C10H11ClO/c1-8-2-4-9(5-3-8)10(12)6-7-11/h2-5H,6-7H2,1H3. The van der Waals surface area contributed by atoms with Gasteiger partial charge in [0.2, 0.25) is 0 Å². The lowest BCUT2D eigenvalue weighted by molar-refractivity contribution is 0.0989. The second-order valence-electron chi connectivity index (χ2n) is 2.73. The molecule has 0 fully saturated rings. The van der Waals surface area contributed by atoms with Crippen LogP contribution in [0.1, 0.15) is 22.3 Å². The number of ketones is 1. The maximum absolute atomic E-state index is 11.3. The minimum absolute atomic E-state index is 0.116. The van der Waals surface area contributed by atoms with E-state index in [1.165, 1.54) is 0 Å². The van der Waals surface area contributed by atoms with Gasteiger partial charge in [0.1, 0.15) is 0 Å². The summed E-state index contributed by atoms with van der Waals surface area (Å²) in [6.45, 7) is 2.00. The number of hydrogen-bond donors (Lipinski definition) is 0. The normalized spacial score (nSPS) is 9.83. The van der Waals surface area contributed by atoms with Crippen molar-refractivity contribution in [1.82, 2.24) is 0 Å². The highest BCUT2D eigenvalue weighted by Crippen LogP contribution is 2.06. The molecule has 0 N–H and O–H groups in total. The molecule has 1 aromatic rings. The van der Waals surface area contributed by atoms with Gasteiger partial charge in [-0.2, -0.15) is 0 Å². The van der Waals surface area contributed by atoms with Crippen LogP contribution in [0, 0.1) is 6.92 Å². The zero-order chi connectivity index (χ0) is 8.97. The molecule has 0 amide bonds. The summed E-state index contributed by atoms with van der Waals surface area (Å²) in [5.41, 5.74) is 1.92. The maximum Gasteiger partial charge on any atom is 0.164 e. The Morgan fingerprint density at radius 1 is 1.33 bits per heavy atom. The Morgan fingerprint density at radius 2 is 1.92 bits per heavy atom. The molecule has 64 valence electrons. The van der Waals surface area contributed by atoms with E-state index < -0.39 is 0 Å². The summed E-state index contributed by atoms with van der Waals surface area (Å²) in [5, 5.41) is 0. The summed E-state index contributed by atoms with van der Waals surface area (Å²) in [6.07, 6.45) is 0.421. The van der Waals surface area contributed by atoms with Crippen LogP contribution in [0.25, 0.3) is 0 Å². The van der Waals surface area contributed by atoms with E-state index in [0.717, 1.165) is 11.1 Å². The van der Waals surface area contributed by atoms with E-state index in [-0.39, 0.29) is 5.78 Å². The van der Waals surface area contributed by atoms with Crippen LogP contribution in [0.4, 0.5) is 0 Å². The Hall–Kier alpha value is -0.820. The highest BCUT2D eigenvalue weighted by Gasteiger charge is 2.02. The van der Waals surface area contributed by atoms with Gasteiger partial charge in [-0.3, -0.25) is 4.79 Å². The van der Waals surface area contributed by atoms with Crippen molar-refractivity contribution in [1.29, 1.82) is 0 Å². The first kappa shape index (κ1) is 9.27. The topological polar surface area (TPSA) is 17.1 Å². The van der Waals surface area contributed by atoms with Crippen LogP contribution in [0.3, 0.4) is 0 Å². The predicted octanol–water partition coefficient (Wildman–Crippen LogP) is 2.81. The summed E-state index contributed by atoms with van der Waals surface area (Å²) in [4.78, 5) is 11.3. The van der Waals surface area contributed by atoms with Gasteiger partial charge in [0.05, 0.1) is 0 Å². The van der Waals surface area contributed by atoms with Crippen molar-refractivity contribution in [2.75, 3.05) is 5.88 Å². The van der Waals surface area contributed by atoms with Crippen LogP contribution in [-0.2, 0) is 0 Å². The smallest absolute Gasteiger partial charge is 0.164 e. The zero-order valence-electron chi connectivity index (χ0n) is 7.01. The molecule has 0 aromatic heterocycles. The number of carbonyl (C=O) groups is 1. The summed E-state index contributed by atoms with van der Waals surface area (Å²) >= 11 is 5.46. The molecule has 0 spiro atoms. The number of alkyl halides is 1. The number of Topliss-reactive ketones (excluding diaryl/α,β-unsaturated/α-hetero) is 1. The van der Waals surface area contributed by atoms with Gasteiger partial charge in [-0.25, -0.2) is 0 Å². The molecule has 0 aliphatic heterocycles. The average molecular weight is 183 g/mol. The quantitative estimate of drug-likeness (QED) is 0.519. The summed E-state index contributed by atoms with van der Waals surface area (Å²) in [6, 6.07) is 7.54. The van der Waals surface area contributed by atoms with Gasteiger partial charge in [-0.1, -0.05) is 29.8 Å². The molecule has 0 unspecified atom stereocenters. The number of rotatable bonds is 3. The lowest BCUT2D eigenvalue weighted by Gasteiger charge is -1.98. The Morgan fingerprint density at radius 3 is 2.42 bits per heavy atom. The lowest BCUT2D eigenvalue weighted by Crippen LogP contribution is -1.98. The molecule has 0 saturated carbocycles. The van der Waals surface area contributed by atoms with Gasteiger partial charge in [0, 0.05) is 17.9 Å². The fourth-order valence-corrected chi connectivity index (χ4v) is 1.14. The monoisotopic (exact) mass is 182 g/mol. The first-order chi connectivity index (χ1) is 5.74. The number of aryl methyl sites for hydroxylation is 1. The van der Waals surface area contributed by atoms with Gasteiger partial charge in [0.25, 0.3) is 0 Å². The molecular formula is C10H11ClO. The molecule has 12 heavy (non-hydrogen) atoms. The molecule has 0 saturated heterocycles. The van der Waals surface area contributed by atoms with Crippen LogP contribution in [-0.4, -0.2) is 11.7 Å². The Balaban J connectivity index is 2.75. The minimum atomic E-state index is 0.116. The fourth-order valence-electron chi connectivity index (χ4n) is 0.970. The first-order valence-electron chi connectivity index (χ1n) is 3.90. The van der Waals surface area contributed by atoms with E-state index in [9.17, 15) is 4.79 Å². The molecule has 0 atom stereocenters. The molecule has 0 heterocycles. The van der Waals surface area contributed by atoms with Crippen molar-refractivity contribution in [3.8, 4) is 0 Å². The second-order valence-corrected chi connectivity index (χ2v) is 3.11. The van der Waals surface area contributed by atoms with Gasteiger partial charge in [0.15, 0.2) is 5.78 Å². The predicted molar refractivity (Wildman–Crippen MR) is 50.8 cm³/mol. The van der Waals surface area contributed by atoms with Crippen molar-refractivity contribution >= 4 is 17.4 Å². The average Bonchev–Trinajstić information content (AvgIpc) is 2.06. The van der Waals surface area contributed by atoms with Gasteiger partial charge in [-0.15, -0.1) is 11.6 Å². The van der Waals surface area contributed by atoms with Crippen LogP contribution < -0.4 is 0 Å². The Bertz CT molecular complexity index is 264. The largest absolute Gasteiger partial charge is 0.294 e. The molecule has 2 heteroatoms. The third-order valence-electron chi connectivity index (χ3n) is 1.70.